The fourth-order valence-electron chi connectivity index (χ4n) is 2.72. The van der Waals surface area contributed by atoms with E-state index in [-0.39, 0.29) is 25.9 Å². The van der Waals surface area contributed by atoms with Gasteiger partial charge in [0.05, 0.1) is 0 Å². The fraction of sp³-hybridized carbons (Fsp3) is 0.200. The summed E-state index contributed by atoms with van der Waals surface area (Å²) in [7, 11) is 0. The predicted molar refractivity (Wildman–Crippen MR) is 107 cm³/mol. The second-order valence-electron chi connectivity index (χ2n) is 6.34. The van der Waals surface area contributed by atoms with Gasteiger partial charge in [0.2, 0.25) is 0 Å². The molecule has 0 saturated carbocycles. The second kappa shape index (κ2) is 8.39. The molecule has 0 aliphatic carbocycles. The molecular formula is C20H22N4O2Se. The van der Waals surface area contributed by atoms with Crippen molar-refractivity contribution in [2.75, 3.05) is 4.90 Å². The molecule has 2 aromatic rings. The van der Waals surface area contributed by atoms with Crippen molar-refractivity contribution in [3.63, 3.8) is 0 Å². The summed E-state index contributed by atoms with van der Waals surface area (Å²) < 4.78 is 0.547. The number of nitrogens with one attached hydrogen (secondary N) is 1. The van der Waals surface area contributed by atoms with Crippen molar-refractivity contribution in [1.29, 1.82) is 0 Å². The van der Waals surface area contributed by atoms with Gasteiger partial charge in [0.25, 0.3) is 0 Å². The Morgan fingerprint density at radius 1 is 1.07 bits per heavy atom. The molecule has 1 atom stereocenters. The van der Waals surface area contributed by atoms with Gasteiger partial charge < -0.3 is 0 Å². The number of carbonyl (C=O) groups is 2. The van der Waals surface area contributed by atoms with Crippen LogP contribution in [0.15, 0.2) is 59.2 Å². The van der Waals surface area contributed by atoms with Crippen LogP contribution in [0.25, 0.3) is 0 Å². The van der Waals surface area contributed by atoms with Crippen molar-refractivity contribution in [1.82, 2.24) is 5.32 Å². The van der Waals surface area contributed by atoms with Crippen molar-refractivity contribution >= 4 is 32.5 Å². The second-order valence-corrected chi connectivity index (χ2v) is 8.69. The number of rotatable bonds is 6. The molecule has 1 aliphatic rings. The summed E-state index contributed by atoms with van der Waals surface area (Å²) >= 11 is -0.276. The first kappa shape index (κ1) is 19.2. The van der Waals surface area contributed by atoms with E-state index in [0.29, 0.717) is 17.4 Å². The fourth-order valence-corrected chi connectivity index (χ4v) is 4.85. The molecule has 1 unspecified atom stereocenters. The maximum atomic E-state index is 12.5. The number of anilines is 1. The number of nitrogens with two attached hydrogens (primary N) is 2. The van der Waals surface area contributed by atoms with E-state index in [1.807, 2.05) is 60.4 Å². The molecule has 0 radical (unpaired) electrons. The van der Waals surface area contributed by atoms with E-state index in [1.165, 1.54) is 0 Å². The molecule has 0 spiro atoms. The van der Waals surface area contributed by atoms with Gasteiger partial charge in [-0.15, -0.1) is 0 Å². The van der Waals surface area contributed by atoms with E-state index >= 15 is 0 Å². The summed E-state index contributed by atoms with van der Waals surface area (Å²) in [6, 6.07) is 15.6. The Kier molecular flexibility index (Phi) is 5.96. The molecule has 2 aromatic carbocycles. The molecule has 7 heteroatoms. The Labute approximate surface area is 164 Å². The van der Waals surface area contributed by atoms with Crippen molar-refractivity contribution in [3.05, 3.63) is 75.9 Å². The van der Waals surface area contributed by atoms with Gasteiger partial charge in [0.1, 0.15) is 0 Å². The monoisotopic (exact) mass is 430 g/mol. The summed E-state index contributed by atoms with van der Waals surface area (Å²) in [6.07, 6.45) is 2.02. The van der Waals surface area contributed by atoms with Crippen molar-refractivity contribution in [2.24, 2.45) is 11.5 Å². The number of amides is 2. The zero-order chi connectivity index (χ0) is 19.4. The van der Waals surface area contributed by atoms with E-state index in [9.17, 15) is 9.59 Å². The third kappa shape index (κ3) is 4.77. The van der Waals surface area contributed by atoms with Crippen LogP contribution in [0, 0.1) is 6.92 Å². The summed E-state index contributed by atoms with van der Waals surface area (Å²) in [5, 5.41) is 2.74. The van der Waals surface area contributed by atoms with Crippen LogP contribution in [-0.4, -0.2) is 31.8 Å². The maximum absolute atomic E-state index is 12.5. The normalized spacial score (nSPS) is 16.1. The third-order valence-electron chi connectivity index (χ3n) is 4.23. The minimum atomic E-state index is -0.450. The quantitative estimate of drug-likeness (QED) is 0.595. The Morgan fingerprint density at radius 3 is 2.30 bits per heavy atom. The molecule has 0 bridgehead atoms. The summed E-state index contributed by atoms with van der Waals surface area (Å²) in [5.41, 5.74) is 15.1. The average Bonchev–Trinajstić information content (AvgIpc) is 3.07. The molecule has 0 saturated heterocycles. The van der Waals surface area contributed by atoms with Crippen molar-refractivity contribution in [3.8, 4) is 0 Å². The number of primary amides is 1. The number of carbonyl (C=O) groups excluding carboxylic acids is 2. The van der Waals surface area contributed by atoms with Gasteiger partial charge in [0, 0.05) is 0 Å². The Morgan fingerprint density at radius 2 is 1.70 bits per heavy atom. The molecule has 1 aliphatic heterocycles. The molecule has 3 rings (SSSR count). The van der Waals surface area contributed by atoms with Gasteiger partial charge in [-0.3, -0.25) is 0 Å². The van der Waals surface area contributed by atoms with Crippen LogP contribution < -0.4 is 21.7 Å². The van der Waals surface area contributed by atoms with Crippen LogP contribution in [0.2, 0.25) is 0 Å². The first-order valence-electron chi connectivity index (χ1n) is 8.57. The molecular weight excluding hydrogens is 407 g/mol. The van der Waals surface area contributed by atoms with E-state index in [0.717, 1.165) is 22.4 Å². The summed E-state index contributed by atoms with van der Waals surface area (Å²) in [6.45, 7) is 2.47. The first-order valence-corrected chi connectivity index (χ1v) is 10.4. The van der Waals surface area contributed by atoms with Crippen LogP contribution in [0.3, 0.4) is 0 Å². The van der Waals surface area contributed by atoms with E-state index in [1.54, 1.807) is 6.20 Å². The zero-order valence-corrected chi connectivity index (χ0v) is 16.7. The van der Waals surface area contributed by atoms with Gasteiger partial charge in [-0.05, 0) is 0 Å². The molecule has 0 fully saturated rings. The molecule has 6 nitrogen and oxygen atoms in total. The number of hydrogen-bond acceptors (Lipinski definition) is 4. The van der Waals surface area contributed by atoms with Gasteiger partial charge in [0.15, 0.2) is 0 Å². The molecule has 5 N–H and O–H groups in total. The Bertz CT molecular complexity index is 863. The van der Waals surface area contributed by atoms with Crippen LogP contribution in [0.4, 0.5) is 5.69 Å². The van der Waals surface area contributed by atoms with Gasteiger partial charge in [-0.1, -0.05) is 0 Å². The first-order chi connectivity index (χ1) is 13.0. The third-order valence-corrected chi connectivity index (χ3v) is 6.60. The van der Waals surface area contributed by atoms with Gasteiger partial charge in [-0.25, -0.2) is 0 Å². The zero-order valence-electron chi connectivity index (χ0n) is 15.0. The van der Waals surface area contributed by atoms with Gasteiger partial charge in [-0.2, -0.15) is 0 Å². The molecule has 0 aromatic heterocycles. The van der Waals surface area contributed by atoms with Crippen molar-refractivity contribution < 1.29 is 9.59 Å². The van der Waals surface area contributed by atoms with Gasteiger partial charge >= 0.3 is 165 Å². The van der Waals surface area contributed by atoms with Crippen LogP contribution >= 0.6 is 0 Å². The van der Waals surface area contributed by atoms with Crippen LogP contribution in [-0.2, 0) is 22.6 Å². The van der Waals surface area contributed by atoms with E-state index in [4.69, 9.17) is 11.5 Å². The predicted octanol–water partition coefficient (Wildman–Crippen LogP) is 0.947. The van der Waals surface area contributed by atoms with E-state index in [2.05, 4.69) is 5.32 Å². The number of nitrogens with zero attached hydrogens (tertiary/aromatic N) is 1. The van der Waals surface area contributed by atoms with Crippen LogP contribution in [0.1, 0.15) is 16.7 Å². The standard InChI is InChI=1S/C20H22N4O2Se/c1-13-2-4-14(5-3-13)10-18(25)23-20-24(12-17(27-20)19(22)26)16-8-6-15(11-21)7-9-16/h2-9,12,20H,10-11,21H2,1H3,(H2,22,26)(H,23,25). The Balaban J connectivity index is 1.74. The average molecular weight is 429 g/mol. The molecule has 140 valence electrons. The summed E-state index contributed by atoms with van der Waals surface area (Å²) in [4.78, 5) is 26.1. The summed E-state index contributed by atoms with van der Waals surface area (Å²) in [5.74, 6) is -0.540. The molecule has 27 heavy (non-hydrogen) atoms. The van der Waals surface area contributed by atoms with Crippen molar-refractivity contribution in [2.45, 2.75) is 25.0 Å². The minimum absolute atomic E-state index is 0.0894. The van der Waals surface area contributed by atoms with E-state index < -0.39 is 5.91 Å². The Hall–Kier alpha value is -2.60. The SMILES string of the molecule is Cc1ccc(CC(=O)NC2[Se]C(C(N)=O)=CN2c2ccc(CN)cc2)cc1. The number of aryl methyl sites for hydroxylation is 1. The number of hydrogen-bond donors (Lipinski definition) is 3. The molecule has 2 amide bonds. The number of benzene rings is 2. The molecule has 1 heterocycles. The topological polar surface area (TPSA) is 101 Å². The van der Waals surface area contributed by atoms with Crippen LogP contribution in [0.5, 0.6) is 0 Å².